The molecule has 5 rings (SSSR count). The number of carbonyl (C=O) groups excluding carboxylic acids is 3. The number of fused-ring (bicyclic) bond motifs is 1. The Bertz CT molecular complexity index is 1270. The molecule has 8 heteroatoms. The summed E-state index contributed by atoms with van der Waals surface area (Å²) in [6, 6.07) is 9.28. The van der Waals surface area contributed by atoms with Gasteiger partial charge in [-0.25, -0.2) is 4.79 Å². The van der Waals surface area contributed by atoms with Crippen molar-refractivity contribution in [3.8, 4) is 0 Å². The summed E-state index contributed by atoms with van der Waals surface area (Å²) in [4.78, 5) is 38.7. The Morgan fingerprint density at radius 3 is 2.36 bits per heavy atom. The van der Waals surface area contributed by atoms with Crippen LogP contribution in [0.15, 0.2) is 48.6 Å². The van der Waals surface area contributed by atoms with E-state index in [0.29, 0.717) is 12.0 Å². The SMILES string of the molecule is C=C1[C@@H](OC(=O)/C=C\c2ccccc2)CC[C@@]2(C)[C@@H](OC(C)=O)[C@H](O)[C@@]34[C@H](C)C(=O)C[C@@](O)([C@@H](O)[C@@]132)C4(C)C. The minimum absolute atomic E-state index is 0.285. The van der Waals surface area contributed by atoms with Crippen molar-refractivity contribution >= 4 is 23.8 Å². The fourth-order valence-electron chi connectivity index (χ4n) is 9.52. The van der Waals surface area contributed by atoms with Gasteiger partial charge in [-0.05, 0) is 30.1 Å². The largest absolute Gasteiger partial charge is 0.459 e. The van der Waals surface area contributed by atoms with E-state index in [-0.39, 0.29) is 18.6 Å². The predicted octanol–water partition coefficient (Wildman–Crippen LogP) is 2.99. The molecular weight excluding hydrogens is 500 g/mol. The molecule has 4 aliphatic carbocycles. The predicted molar refractivity (Wildman–Crippen MR) is 142 cm³/mol. The number of carbonyl (C=O) groups is 3. The van der Waals surface area contributed by atoms with E-state index in [9.17, 15) is 29.7 Å². The quantitative estimate of drug-likeness (QED) is 0.303. The lowest BCUT2D eigenvalue weighted by Crippen LogP contribution is -2.64. The van der Waals surface area contributed by atoms with Crippen LogP contribution in [0.2, 0.25) is 0 Å². The van der Waals surface area contributed by atoms with Crippen LogP contribution in [0.5, 0.6) is 0 Å². The second-order valence-electron chi connectivity index (χ2n) is 12.6. The topological polar surface area (TPSA) is 130 Å². The van der Waals surface area contributed by atoms with Gasteiger partial charge in [0.2, 0.25) is 0 Å². The average molecular weight is 539 g/mol. The number of benzene rings is 1. The molecule has 4 aliphatic rings. The molecule has 0 saturated heterocycles. The zero-order valence-corrected chi connectivity index (χ0v) is 23.1. The van der Waals surface area contributed by atoms with Crippen molar-refractivity contribution < 1.29 is 39.2 Å². The van der Waals surface area contributed by atoms with Gasteiger partial charge in [0, 0.05) is 47.0 Å². The number of aliphatic hydroxyl groups is 3. The summed E-state index contributed by atoms with van der Waals surface area (Å²) in [6.45, 7) is 12.6. The van der Waals surface area contributed by atoms with Gasteiger partial charge in [-0.1, -0.05) is 64.6 Å². The van der Waals surface area contributed by atoms with Crippen LogP contribution >= 0.6 is 0 Å². The Morgan fingerprint density at radius 2 is 1.74 bits per heavy atom. The highest BCUT2D eigenvalue weighted by molar-refractivity contribution is 5.88. The molecular formula is C31H38O8. The normalized spacial score (nSPS) is 44.2. The first-order valence-corrected chi connectivity index (χ1v) is 13.6. The number of ether oxygens (including phenoxy) is 2. The molecule has 2 bridgehead atoms. The summed E-state index contributed by atoms with van der Waals surface area (Å²) < 4.78 is 11.7. The molecule has 0 heterocycles. The van der Waals surface area contributed by atoms with Gasteiger partial charge in [0.1, 0.15) is 23.6 Å². The fourth-order valence-corrected chi connectivity index (χ4v) is 9.52. The summed E-state index contributed by atoms with van der Waals surface area (Å²) in [7, 11) is 0. The lowest BCUT2D eigenvalue weighted by Gasteiger charge is -2.60. The summed E-state index contributed by atoms with van der Waals surface area (Å²) in [5.74, 6) is -2.32. The number of Topliss-reactive ketones (excluding diaryl/α,β-unsaturated/α-hetero) is 1. The lowest BCUT2D eigenvalue weighted by molar-refractivity contribution is -0.207. The fraction of sp³-hybridized carbons (Fsp3) is 0.581. The van der Waals surface area contributed by atoms with Gasteiger partial charge in [-0.3, -0.25) is 9.59 Å². The molecule has 1 aromatic carbocycles. The monoisotopic (exact) mass is 538 g/mol. The first kappa shape index (κ1) is 27.7. The van der Waals surface area contributed by atoms with Crippen molar-refractivity contribution in [1.29, 1.82) is 0 Å². The molecule has 9 atom stereocenters. The molecule has 0 aromatic heterocycles. The van der Waals surface area contributed by atoms with Crippen LogP contribution in [-0.2, 0) is 23.9 Å². The van der Waals surface area contributed by atoms with Gasteiger partial charge in [0.15, 0.2) is 0 Å². The zero-order valence-electron chi connectivity index (χ0n) is 23.1. The lowest BCUT2D eigenvalue weighted by atomic mass is 9.42. The summed E-state index contributed by atoms with van der Waals surface area (Å²) in [5, 5.41) is 36.4. The maximum atomic E-state index is 13.5. The molecule has 210 valence electrons. The summed E-state index contributed by atoms with van der Waals surface area (Å²) in [5.41, 5.74) is -6.02. The van der Waals surface area contributed by atoms with Gasteiger partial charge in [0.05, 0.1) is 12.2 Å². The number of esters is 2. The maximum Gasteiger partial charge on any atom is 0.331 e. The van der Waals surface area contributed by atoms with Gasteiger partial charge in [0.25, 0.3) is 0 Å². The van der Waals surface area contributed by atoms with Gasteiger partial charge in [-0.15, -0.1) is 0 Å². The molecule has 0 unspecified atom stereocenters. The van der Waals surface area contributed by atoms with Crippen molar-refractivity contribution in [2.75, 3.05) is 0 Å². The summed E-state index contributed by atoms with van der Waals surface area (Å²) in [6.07, 6.45) is -1.61. The molecule has 0 radical (unpaired) electrons. The van der Waals surface area contributed by atoms with E-state index in [0.717, 1.165) is 5.56 Å². The van der Waals surface area contributed by atoms with Gasteiger partial charge >= 0.3 is 11.9 Å². The minimum Gasteiger partial charge on any atom is -0.459 e. The second-order valence-corrected chi connectivity index (χ2v) is 12.6. The van der Waals surface area contributed by atoms with Crippen LogP contribution in [0.1, 0.15) is 59.4 Å². The van der Waals surface area contributed by atoms with Crippen LogP contribution in [-0.4, -0.2) is 63.1 Å². The van der Waals surface area contributed by atoms with Crippen molar-refractivity contribution in [1.82, 2.24) is 0 Å². The van der Waals surface area contributed by atoms with Crippen molar-refractivity contribution in [3.05, 3.63) is 54.1 Å². The Balaban J connectivity index is 1.65. The number of aliphatic hydroxyl groups excluding tert-OH is 2. The maximum absolute atomic E-state index is 13.5. The van der Waals surface area contributed by atoms with E-state index in [2.05, 4.69) is 6.58 Å². The van der Waals surface area contributed by atoms with Crippen LogP contribution in [0.25, 0.3) is 6.08 Å². The van der Waals surface area contributed by atoms with E-state index in [1.54, 1.807) is 26.8 Å². The van der Waals surface area contributed by atoms with Crippen LogP contribution < -0.4 is 0 Å². The summed E-state index contributed by atoms with van der Waals surface area (Å²) >= 11 is 0. The second kappa shape index (κ2) is 8.59. The smallest absolute Gasteiger partial charge is 0.331 e. The van der Waals surface area contributed by atoms with Crippen molar-refractivity contribution in [3.63, 3.8) is 0 Å². The van der Waals surface area contributed by atoms with E-state index < -0.39 is 69.5 Å². The average Bonchev–Trinajstić information content (AvgIpc) is 3.09. The number of hydrogen-bond acceptors (Lipinski definition) is 8. The Morgan fingerprint density at radius 1 is 1.10 bits per heavy atom. The highest BCUT2D eigenvalue weighted by atomic mass is 16.6. The highest BCUT2D eigenvalue weighted by Crippen LogP contribution is 2.86. The molecule has 4 fully saturated rings. The third-order valence-electron chi connectivity index (χ3n) is 11.1. The van der Waals surface area contributed by atoms with Crippen molar-refractivity contribution in [2.45, 2.75) is 83.9 Å². The number of hydrogen-bond donors (Lipinski definition) is 3. The number of ketones is 1. The molecule has 0 amide bonds. The standard InChI is InChI=1S/C31H38O8/c1-17-21(33)16-29(37)26(36)31-18(2)22(39-23(34)13-12-20-10-8-7-9-11-20)14-15-28(31,6)25(38-19(3)32)24(35)30(17,31)27(29,4)5/h7-13,17,22,24-26,35-37H,2,14-16H2,1,3-6H3/b13-12-/t17-,22+,24+,25+,26-,28+,29-,30-,31-/m1/s1. The van der Waals surface area contributed by atoms with Gasteiger partial charge in [-0.2, -0.15) is 0 Å². The number of rotatable bonds is 4. The Labute approximate surface area is 228 Å². The van der Waals surface area contributed by atoms with E-state index in [1.807, 2.05) is 37.3 Å². The molecule has 8 nitrogen and oxygen atoms in total. The van der Waals surface area contributed by atoms with Crippen molar-refractivity contribution in [2.24, 2.45) is 27.6 Å². The molecule has 0 aliphatic heterocycles. The van der Waals surface area contributed by atoms with Crippen LogP contribution in [0.4, 0.5) is 0 Å². The third-order valence-corrected chi connectivity index (χ3v) is 11.1. The Kier molecular flexibility index (Phi) is 6.11. The van der Waals surface area contributed by atoms with Crippen LogP contribution in [0, 0.1) is 27.6 Å². The Hall–Kier alpha value is -2.81. The first-order valence-electron chi connectivity index (χ1n) is 13.6. The molecule has 39 heavy (non-hydrogen) atoms. The molecule has 4 saturated carbocycles. The third kappa shape index (κ3) is 3.03. The highest BCUT2D eigenvalue weighted by Gasteiger charge is 2.94. The minimum atomic E-state index is -1.89. The van der Waals surface area contributed by atoms with E-state index in [1.165, 1.54) is 13.0 Å². The van der Waals surface area contributed by atoms with Crippen LogP contribution in [0.3, 0.4) is 0 Å². The zero-order chi connectivity index (χ0) is 28.8. The molecule has 1 aromatic rings. The molecule has 2 spiro atoms. The van der Waals surface area contributed by atoms with E-state index in [4.69, 9.17) is 9.47 Å². The van der Waals surface area contributed by atoms with Gasteiger partial charge < -0.3 is 24.8 Å². The first-order chi connectivity index (χ1) is 18.1. The molecule has 3 N–H and O–H groups in total. The van der Waals surface area contributed by atoms with E-state index >= 15 is 0 Å².